The number of β-amino-alcohol motifs (C(OH)–C–C–N with tert-alkyl or cyclic N) is 1. The largest absolute Gasteiger partial charge is 0.491 e. The Bertz CT molecular complexity index is 1010. The first-order chi connectivity index (χ1) is 16.1. The number of aromatic amines is 1. The lowest BCUT2D eigenvalue weighted by molar-refractivity contribution is 0.0504. The van der Waals surface area contributed by atoms with Crippen molar-refractivity contribution in [1.29, 1.82) is 0 Å². The van der Waals surface area contributed by atoms with E-state index >= 15 is 0 Å². The molecule has 178 valence electrons. The van der Waals surface area contributed by atoms with Gasteiger partial charge in [-0.3, -0.25) is 9.62 Å². The molecule has 0 amide bonds. The van der Waals surface area contributed by atoms with Crippen molar-refractivity contribution in [3.8, 4) is 5.75 Å². The van der Waals surface area contributed by atoms with Crippen molar-refractivity contribution in [2.45, 2.75) is 23.8 Å². The van der Waals surface area contributed by atoms with Crippen LogP contribution in [-0.2, 0) is 6.42 Å². The fourth-order valence-corrected chi connectivity index (χ4v) is 4.88. The summed E-state index contributed by atoms with van der Waals surface area (Å²) in [6.45, 7) is 6.00. The minimum atomic E-state index is -0.475. The third-order valence-corrected chi connectivity index (χ3v) is 7.07. The number of H-pyrrole nitrogens is 1. The number of rotatable bonds is 11. The van der Waals surface area contributed by atoms with E-state index in [1.54, 1.807) is 11.9 Å². The molecule has 1 fully saturated rings. The molecule has 6 nitrogen and oxygen atoms in total. The van der Waals surface area contributed by atoms with E-state index in [0.717, 1.165) is 66.7 Å². The molecule has 0 spiro atoms. The second-order valence-corrected chi connectivity index (χ2v) is 10.0. The number of nitrogens with zero attached hydrogens (tertiary/aromatic N) is 2. The number of hydrogen-bond donors (Lipinski definition) is 3. The van der Waals surface area contributed by atoms with E-state index < -0.39 is 6.10 Å². The molecule has 2 heterocycles. The average molecular weight is 489 g/mol. The molecule has 4 rings (SSSR count). The number of aromatic nitrogens is 1. The first kappa shape index (κ1) is 24.4. The van der Waals surface area contributed by atoms with Gasteiger partial charge < -0.3 is 19.7 Å². The van der Waals surface area contributed by atoms with Crippen molar-refractivity contribution >= 4 is 34.5 Å². The molecule has 0 aliphatic carbocycles. The van der Waals surface area contributed by atoms with Crippen LogP contribution in [0.4, 0.5) is 0 Å². The normalized spacial score (nSPS) is 16.3. The number of halogens is 1. The van der Waals surface area contributed by atoms with Crippen molar-refractivity contribution in [1.82, 2.24) is 19.5 Å². The molecule has 0 saturated carbocycles. The van der Waals surface area contributed by atoms with E-state index in [1.165, 1.54) is 10.9 Å². The third-order valence-electron chi connectivity index (χ3n) is 5.98. The molecule has 1 saturated heterocycles. The summed E-state index contributed by atoms with van der Waals surface area (Å²) in [6, 6.07) is 14.0. The SMILES string of the molecule is CN1CCN(CC(O)COc2ccc(SNCCCc3c[nH]c4ccc(Cl)cc34)cc2)CC1. The Labute approximate surface area is 205 Å². The van der Waals surface area contributed by atoms with Crippen LogP contribution < -0.4 is 9.46 Å². The van der Waals surface area contributed by atoms with E-state index in [4.69, 9.17) is 16.3 Å². The summed E-state index contributed by atoms with van der Waals surface area (Å²) in [4.78, 5) is 9.06. The summed E-state index contributed by atoms with van der Waals surface area (Å²) in [5, 5.41) is 12.3. The number of aliphatic hydroxyl groups is 1. The quantitative estimate of drug-likeness (QED) is 0.280. The maximum atomic E-state index is 10.3. The highest BCUT2D eigenvalue weighted by molar-refractivity contribution is 7.97. The Morgan fingerprint density at radius 1 is 1.15 bits per heavy atom. The second kappa shape index (κ2) is 12.1. The fourth-order valence-electron chi connectivity index (χ4n) is 4.02. The zero-order chi connectivity index (χ0) is 23.0. The van der Waals surface area contributed by atoms with Gasteiger partial charge in [0.05, 0.1) is 0 Å². The van der Waals surface area contributed by atoms with Crippen molar-refractivity contribution in [3.63, 3.8) is 0 Å². The van der Waals surface area contributed by atoms with Gasteiger partial charge in [0, 0.05) is 66.3 Å². The lowest BCUT2D eigenvalue weighted by Crippen LogP contribution is -2.47. The lowest BCUT2D eigenvalue weighted by atomic mass is 10.1. The van der Waals surface area contributed by atoms with Crippen LogP contribution in [0.1, 0.15) is 12.0 Å². The predicted octanol–water partition coefficient (Wildman–Crippen LogP) is 4.04. The zero-order valence-electron chi connectivity index (χ0n) is 19.1. The lowest BCUT2D eigenvalue weighted by Gasteiger charge is -2.33. The molecule has 1 atom stereocenters. The monoisotopic (exact) mass is 488 g/mol. The number of benzene rings is 2. The number of hydrogen-bond acceptors (Lipinski definition) is 6. The Morgan fingerprint density at radius 2 is 1.94 bits per heavy atom. The number of aliphatic hydroxyl groups excluding tert-OH is 1. The van der Waals surface area contributed by atoms with Crippen LogP contribution in [0.25, 0.3) is 10.9 Å². The van der Waals surface area contributed by atoms with E-state index in [1.807, 2.05) is 42.5 Å². The highest BCUT2D eigenvalue weighted by Crippen LogP contribution is 2.24. The summed E-state index contributed by atoms with van der Waals surface area (Å²) in [5.41, 5.74) is 2.43. The highest BCUT2D eigenvalue weighted by atomic mass is 35.5. The Balaban J connectivity index is 1.12. The van der Waals surface area contributed by atoms with Gasteiger partial charge in [0.15, 0.2) is 0 Å². The third kappa shape index (κ3) is 7.37. The highest BCUT2D eigenvalue weighted by Gasteiger charge is 2.17. The molecular weight excluding hydrogens is 456 g/mol. The zero-order valence-corrected chi connectivity index (χ0v) is 20.7. The maximum absolute atomic E-state index is 10.3. The number of ether oxygens (including phenoxy) is 1. The van der Waals surface area contributed by atoms with Crippen LogP contribution in [0.15, 0.2) is 53.6 Å². The van der Waals surface area contributed by atoms with Gasteiger partial charge in [-0.15, -0.1) is 0 Å². The average Bonchev–Trinajstić information content (AvgIpc) is 3.22. The van der Waals surface area contributed by atoms with Gasteiger partial charge in [-0.2, -0.15) is 0 Å². The van der Waals surface area contributed by atoms with E-state index in [9.17, 15) is 5.11 Å². The summed E-state index contributed by atoms with van der Waals surface area (Å²) in [7, 11) is 2.14. The maximum Gasteiger partial charge on any atom is 0.119 e. The van der Waals surface area contributed by atoms with Crippen LogP contribution in [0.2, 0.25) is 5.02 Å². The van der Waals surface area contributed by atoms with Crippen LogP contribution >= 0.6 is 23.5 Å². The van der Waals surface area contributed by atoms with Crippen molar-refractivity contribution in [2.24, 2.45) is 0 Å². The molecule has 0 bridgehead atoms. The minimum absolute atomic E-state index is 0.316. The number of likely N-dealkylation sites (N-methyl/N-ethyl adjacent to an activating group) is 1. The summed E-state index contributed by atoms with van der Waals surface area (Å²) >= 11 is 7.76. The first-order valence-corrected chi connectivity index (χ1v) is 12.7. The Hall–Kier alpha value is -1.74. The van der Waals surface area contributed by atoms with Crippen molar-refractivity contribution in [3.05, 3.63) is 59.2 Å². The standard InChI is InChI=1S/C25H33ClN4O2S/c1-29-11-13-30(14-12-29)17-21(31)18-32-22-5-7-23(8-6-22)33-28-10-2-3-19-16-27-25-9-4-20(26)15-24(19)25/h4-9,15-16,21,27-28,31H,2-3,10-14,17-18H2,1H3. The molecule has 0 radical (unpaired) electrons. The summed E-state index contributed by atoms with van der Waals surface area (Å²) in [5.74, 6) is 0.787. The van der Waals surface area contributed by atoms with E-state index in [0.29, 0.717) is 13.2 Å². The molecule has 3 N–H and O–H groups in total. The van der Waals surface area contributed by atoms with Crippen molar-refractivity contribution in [2.75, 3.05) is 52.9 Å². The predicted molar refractivity (Wildman–Crippen MR) is 137 cm³/mol. The Morgan fingerprint density at radius 3 is 2.73 bits per heavy atom. The van der Waals surface area contributed by atoms with Crippen LogP contribution in [0.5, 0.6) is 5.75 Å². The molecule has 1 aliphatic heterocycles. The molecule has 33 heavy (non-hydrogen) atoms. The minimum Gasteiger partial charge on any atom is -0.491 e. The van der Waals surface area contributed by atoms with Gasteiger partial charge in [0.1, 0.15) is 18.5 Å². The number of piperazine rings is 1. The van der Waals surface area contributed by atoms with E-state index in [-0.39, 0.29) is 0 Å². The summed E-state index contributed by atoms with van der Waals surface area (Å²) < 4.78 is 9.22. The van der Waals surface area contributed by atoms with Gasteiger partial charge in [-0.1, -0.05) is 11.6 Å². The molecular formula is C25H33ClN4O2S. The van der Waals surface area contributed by atoms with E-state index in [2.05, 4.69) is 32.8 Å². The molecule has 1 aliphatic rings. The van der Waals surface area contributed by atoms with Gasteiger partial charge >= 0.3 is 0 Å². The fraction of sp³-hybridized carbons (Fsp3) is 0.440. The molecule has 3 aromatic rings. The summed E-state index contributed by atoms with van der Waals surface area (Å²) in [6.07, 6.45) is 3.64. The molecule has 2 aromatic carbocycles. The van der Waals surface area contributed by atoms with Gasteiger partial charge in [0.2, 0.25) is 0 Å². The topological polar surface area (TPSA) is 63.8 Å². The van der Waals surface area contributed by atoms with Crippen molar-refractivity contribution < 1.29 is 9.84 Å². The second-order valence-electron chi connectivity index (χ2n) is 8.64. The number of nitrogens with one attached hydrogen (secondary N) is 2. The molecule has 8 heteroatoms. The first-order valence-electron chi connectivity index (χ1n) is 11.5. The van der Waals surface area contributed by atoms with Crippen LogP contribution in [-0.4, -0.2) is 78.9 Å². The molecule has 1 unspecified atom stereocenters. The number of fused-ring (bicyclic) bond motifs is 1. The van der Waals surface area contributed by atoms with Gasteiger partial charge in [-0.25, -0.2) is 0 Å². The van der Waals surface area contributed by atoms with Gasteiger partial charge in [-0.05, 0) is 79.9 Å². The Kier molecular flexibility index (Phi) is 8.95. The molecule has 1 aromatic heterocycles. The van der Waals surface area contributed by atoms with Crippen LogP contribution in [0, 0.1) is 0 Å². The number of aryl methyl sites for hydroxylation is 1. The van der Waals surface area contributed by atoms with Gasteiger partial charge in [0.25, 0.3) is 0 Å². The van der Waals surface area contributed by atoms with Crippen LogP contribution in [0.3, 0.4) is 0 Å². The smallest absolute Gasteiger partial charge is 0.119 e.